The minimum absolute atomic E-state index is 0.0777. The number of hydrogen-bond donors (Lipinski definition) is 3. The Morgan fingerprint density at radius 2 is 1.69 bits per heavy atom. The summed E-state index contributed by atoms with van der Waals surface area (Å²) in [6.07, 6.45) is 11.3. The van der Waals surface area contributed by atoms with Crippen molar-refractivity contribution in [1.29, 1.82) is 0 Å². The van der Waals surface area contributed by atoms with Gasteiger partial charge in [0.2, 0.25) is 5.91 Å². The van der Waals surface area contributed by atoms with E-state index in [1.54, 1.807) is 0 Å². The first-order valence-corrected chi connectivity index (χ1v) is 11.6. The van der Waals surface area contributed by atoms with E-state index in [-0.39, 0.29) is 11.9 Å². The number of amides is 1. The number of nitrogens with two attached hydrogens (primary N) is 1. The minimum Gasteiger partial charge on any atom is -0.381 e. The van der Waals surface area contributed by atoms with Crippen LogP contribution in [-0.2, 0) is 16.1 Å². The third-order valence-corrected chi connectivity index (χ3v) is 5.07. The Hall–Kier alpha value is -1.43. The summed E-state index contributed by atoms with van der Waals surface area (Å²) in [5.74, 6) is 0.0777. The molecule has 0 saturated heterocycles. The first-order valence-electron chi connectivity index (χ1n) is 11.6. The molecule has 0 aliphatic heterocycles. The molecule has 1 aromatic rings. The van der Waals surface area contributed by atoms with Gasteiger partial charge in [-0.2, -0.15) is 0 Å². The van der Waals surface area contributed by atoms with Crippen LogP contribution in [0.25, 0.3) is 0 Å². The van der Waals surface area contributed by atoms with Gasteiger partial charge in [0.25, 0.3) is 0 Å². The number of carbonyl (C=O) groups excluding carboxylic acids is 1. The lowest BCUT2D eigenvalue weighted by molar-refractivity contribution is -0.123. The molecule has 1 unspecified atom stereocenters. The van der Waals surface area contributed by atoms with Gasteiger partial charge in [0.05, 0.1) is 6.04 Å². The fourth-order valence-corrected chi connectivity index (χ4v) is 3.25. The minimum atomic E-state index is -0.175. The maximum absolute atomic E-state index is 12.6. The van der Waals surface area contributed by atoms with Gasteiger partial charge in [0.1, 0.15) is 0 Å². The van der Waals surface area contributed by atoms with Gasteiger partial charge in [-0.1, -0.05) is 75.8 Å². The van der Waals surface area contributed by atoms with Crippen LogP contribution in [0.4, 0.5) is 0 Å². The van der Waals surface area contributed by atoms with Crippen LogP contribution in [-0.4, -0.2) is 38.3 Å². The average Bonchev–Trinajstić information content (AvgIpc) is 2.75. The molecule has 0 bridgehead atoms. The van der Waals surface area contributed by atoms with Crippen molar-refractivity contribution < 1.29 is 9.53 Å². The lowest BCUT2D eigenvalue weighted by Gasteiger charge is -2.18. The highest BCUT2D eigenvalue weighted by atomic mass is 16.5. The maximum Gasteiger partial charge on any atom is 0.237 e. The summed E-state index contributed by atoms with van der Waals surface area (Å²) in [4.78, 5) is 12.6. The smallest absolute Gasteiger partial charge is 0.237 e. The zero-order valence-electron chi connectivity index (χ0n) is 18.5. The predicted octanol–water partition coefficient (Wildman–Crippen LogP) is 4.16. The molecule has 4 N–H and O–H groups in total. The van der Waals surface area contributed by atoms with Crippen LogP contribution in [0.15, 0.2) is 30.3 Å². The van der Waals surface area contributed by atoms with Crippen LogP contribution in [0.3, 0.4) is 0 Å². The summed E-state index contributed by atoms with van der Waals surface area (Å²) >= 11 is 0. The monoisotopic (exact) mass is 405 g/mol. The zero-order chi connectivity index (χ0) is 21.0. The highest BCUT2D eigenvalue weighted by molar-refractivity contribution is 5.81. The van der Waals surface area contributed by atoms with Crippen LogP contribution < -0.4 is 16.4 Å². The lowest BCUT2D eigenvalue weighted by Crippen LogP contribution is -2.44. The van der Waals surface area contributed by atoms with E-state index in [0.717, 1.165) is 38.7 Å². The summed E-state index contributed by atoms with van der Waals surface area (Å²) in [6, 6.07) is 10.0. The normalized spacial score (nSPS) is 12.1. The molecule has 0 aliphatic rings. The summed E-state index contributed by atoms with van der Waals surface area (Å²) in [6.45, 7) is 5.82. The maximum atomic E-state index is 12.6. The molecule has 0 fully saturated rings. The predicted molar refractivity (Wildman–Crippen MR) is 122 cm³/mol. The number of unbranched alkanes of at least 4 members (excludes halogenated alkanes) is 6. The van der Waals surface area contributed by atoms with Crippen LogP contribution in [0, 0.1) is 0 Å². The van der Waals surface area contributed by atoms with Gasteiger partial charge in [0.15, 0.2) is 0 Å². The number of carbonyl (C=O) groups is 1. The third-order valence-electron chi connectivity index (χ3n) is 5.07. The Kier molecular flexibility index (Phi) is 16.4. The van der Waals surface area contributed by atoms with Gasteiger partial charge in [-0.25, -0.2) is 0 Å². The van der Waals surface area contributed by atoms with E-state index >= 15 is 0 Å². The van der Waals surface area contributed by atoms with E-state index < -0.39 is 0 Å². The van der Waals surface area contributed by atoms with E-state index in [1.165, 1.54) is 37.7 Å². The van der Waals surface area contributed by atoms with Crippen molar-refractivity contribution in [2.24, 2.45) is 5.73 Å². The van der Waals surface area contributed by atoms with Crippen LogP contribution >= 0.6 is 0 Å². The van der Waals surface area contributed by atoms with E-state index in [2.05, 4.69) is 29.7 Å². The van der Waals surface area contributed by atoms with Gasteiger partial charge >= 0.3 is 0 Å². The van der Waals surface area contributed by atoms with E-state index in [9.17, 15) is 4.79 Å². The lowest BCUT2D eigenvalue weighted by atomic mass is 10.1. The van der Waals surface area contributed by atoms with Crippen molar-refractivity contribution in [2.75, 3.05) is 26.3 Å². The molecule has 1 amide bonds. The quantitative estimate of drug-likeness (QED) is 0.302. The molecule has 1 atom stereocenters. The van der Waals surface area contributed by atoms with Gasteiger partial charge < -0.3 is 21.1 Å². The van der Waals surface area contributed by atoms with Gasteiger partial charge in [-0.05, 0) is 37.8 Å². The second kappa shape index (κ2) is 18.6. The summed E-state index contributed by atoms with van der Waals surface area (Å²) in [5.41, 5.74) is 6.79. The zero-order valence-corrected chi connectivity index (χ0v) is 18.5. The number of nitrogens with one attached hydrogen (secondary N) is 2. The van der Waals surface area contributed by atoms with E-state index in [0.29, 0.717) is 26.2 Å². The molecule has 166 valence electrons. The molecule has 0 heterocycles. The van der Waals surface area contributed by atoms with E-state index in [1.807, 2.05) is 18.2 Å². The standard InChI is InChI=1S/C24H43N3O2/c1-2-3-4-5-6-12-19-29-20-13-18-26-24(28)23(16-10-11-17-25)27-21-22-14-8-7-9-15-22/h7-9,14-15,23,27H,2-6,10-13,16-21,25H2,1H3,(H,26,28). The van der Waals surface area contributed by atoms with Gasteiger partial charge in [-0.15, -0.1) is 0 Å². The van der Waals surface area contributed by atoms with Crippen molar-refractivity contribution in [3.8, 4) is 0 Å². The molecule has 5 nitrogen and oxygen atoms in total. The topological polar surface area (TPSA) is 76.4 Å². The van der Waals surface area contributed by atoms with Crippen LogP contribution in [0.2, 0.25) is 0 Å². The van der Waals surface area contributed by atoms with Crippen molar-refractivity contribution in [1.82, 2.24) is 10.6 Å². The summed E-state index contributed by atoms with van der Waals surface area (Å²) in [5, 5.41) is 6.46. The molecule has 29 heavy (non-hydrogen) atoms. The van der Waals surface area contributed by atoms with Crippen LogP contribution in [0.1, 0.15) is 76.7 Å². The molecule has 1 rings (SSSR count). The average molecular weight is 406 g/mol. The van der Waals surface area contributed by atoms with Gasteiger partial charge in [0, 0.05) is 26.3 Å². The highest BCUT2D eigenvalue weighted by Gasteiger charge is 2.16. The fraction of sp³-hybridized carbons (Fsp3) is 0.708. The number of ether oxygens (including phenoxy) is 1. The van der Waals surface area contributed by atoms with Crippen molar-refractivity contribution in [3.63, 3.8) is 0 Å². The van der Waals surface area contributed by atoms with Crippen LogP contribution in [0.5, 0.6) is 0 Å². The number of rotatable bonds is 19. The molecule has 5 heteroatoms. The van der Waals surface area contributed by atoms with E-state index in [4.69, 9.17) is 10.5 Å². The van der Waals surface area contributed by atoms with Crippen molar-refractivity contribution >= 4 is 5.91 Å². The second-order valence-electron chi connectivity index (χ2n) is 7.73. The summed E-state index contributed by atoms with van der Waals surface area (Å²) < 4.78 is 5.69. The second-order valence-corrected chi connectivity index (χ2v) is 7.73. The first-order chi connectivity index (χ1) is 14.3. The molecule has 0 saturated carbocycles. The Labute approximate surface area is 178 Å². The number of benzene rings is 1. The first kappa shape index (κ1) is 25.6. The largest absolute Gasteiger partial charge is 0.381 e. The SMILES string of the molecule is CCCCCCCCOCCCNC(=O)C(CCCCN)NCc1ccccc1. The Balaban J connectivity index is 2.15. The molecular formula is C24H43N3O2. The third kappa shape index (κ3) is 14.2. The Bertz CT molecular complexity index is 496. The van der Waals surface area contributed by atoms with Crippen molar-refractivity contribution in [3.05, 3.63) is 35.9 Å². The Morgan fingerprint density at radius 3 is 2.45 bits per heavy atom. The molecule has 0 aliphatic carbocycles. The highest BCUT2D eigenvalue weighted by Crippen LogP contribution is 2.06. The number of hydrogen-bond acceptors (Lipinski definition) is 4. The molecule has 1 aromatic carbocycles. The molecular weight excluding hydrogens is 362 g/mol. The van der Waals surface area contributed by atoms with Crippen molar-refractivity contribution in [2.45, 2.75) is 83.7 Å². The molecule has 0 radical (unpaired) electrons. The Morgan fingerprint density at radius 1 is 0.966 bits per heavy atom. The molecule has 0 spiro atoms. The summed E-state index contributed by atoms with van der Waals surface area (Å²) in [7, 11) is 0. The van der Waals surface area contributed by atoms with Gasteiger partial charge in [-0.3, -0.25) is 4.79 Å². The fourth-order valence-electron chi connectivity index (χ4n) is 3.25. The molecule has 0 aromatic heterocycles.